The molecule has 0 saturated heterocycles. The van der Waals surface area contributed by atoms with Gasteiger partial charge in [-0.25, -0.2) is 4.79 Å². The molecule has 0 radical (unpaired) electrons. The molecule has 33 heavy (non-hydrogen) atoms. The quantitative estimate of drug-likeness (QED) is 0.226. The second kappa shape index (κ2) is 12.7. The number of benzene rings is 2. The molecule has 0 bridgehead atoms. The molecule has 172 valence electrons. The standard InChI is InChI=1S/C26H28N2O5/c1-5-8-20-14-18(16-23(32-7-3)24(20)33-13-6-2)15-21(17-27)25(29)28-22-11-9-19(10-12-22)26(30)31-4/h5,9-12,14-16H,1,6-8,13H2,2-4H3,(H,28,29)/b21-15+. The van der Waals surface area contributed by atoms with E-state index in [1.165, 1.54) is 25.3 Å². The summed E-state index contributed by atoms with van der Waals surface area (Å²) in [4.78, 5) is 24.2. The molecule has 0 saturated carbocycles. The molecular weight excluding hydrogens is 420 g/mol. The average Bonchev–Trinajstić information content (AvgIpc) is 2.82. The number of methoxy groups -OCH3 is 1. The number of amides is 1. The Hall–Kier alpha value is -4.05. The largest absolute Gasteiger partial charge is 0.490 e. The van der Waals surface area contributed by atoms with E-state index in [1.807, 2.05) is 26.0 Å². The minimum atomic E-state index is -0.571. The lowest BCUT2D eigenvalue weighted by Crippen LogP contribution is -2.13. The average molecular weight is 449 g/mol. The van der Waals surface area contributed by atoms with Crippen molar-refractivity contribution in [3.05, 3.63) is 71.3 Å². The zero-order chi connectivity index (χ0) is 24.2. The lowest BCUT2D eigenvalue weighted by atomic mass is 10.0. The van der Waals surface area contributed by atoms with Crippen molar-refractivity contribution < 1.29 is 23.8 Å². The first-order chi connectivity index (χ1) is 16.0. The van der Waals surface area contributed by atoms with E-state index in [1.54, 1.807) is 24.3 Å². The summed E-state index contributed by atoms with van der Waals surface area (Å²) in [7, 11) is 1.29. The summed E-state index contributed by atoms with van der Waals surface area (Å²) in [5.41, 5.74) is 2.20. The minimum absolute atomic E-state index is 0.0822. The summed E-state index contributed by atoms with van der Waals surface area (Å²) in [6.45, 7) is 8.68. The number of hydrogen-bond donors (Lipinski definition) is 1. The number of ether oxygens (including phenoxy) is 3. The summed E-state index contributed by atoms with van der Waals surface area (Å²) in [6.07, 6.45) is 4.64. The number of nitriles is 1. The van der Waals surface area contributed by atoms with Crippen LogP contribution < -0.4 is 14.8 Å². The van der Waals surface area contributed by atoms with Crippen molar-refractivity contribution in [2.24, 2.45) is 0 Å². The number of rotatable bonds is 11. The molecule has 2 aromatic carbocycles. The van der Waals surface area contributed by atoms with Crippen LogP contribution in [0.3, 0.4) is 0 Å². The molecule has 2 aromatic rings. The molecule has 1 amide bonds. The highest BCUT2D eigenvalue weighted by molar-refractivity contribution is 6.09. The van der Waals surface area contributed by atoms with Crippen LogP contribution in [-0.4, -0.2) is 32.2 Å². The molecule has 0 aliphatic carbocycles. The molecule has 0 unspecified atom stereocenters. The molecule has 7 nitrogen and oxygen atoms in total. The Morgan fingerprint density at radius 3 is 2.45 bits per heavy atom. The molecule has 0 aliphatic rings. The van der Waals surface area contributed by atoms with Gasteiger partial charge in [-0.1, -0.05) is 13.0 Å². The van der Waals surface area contributed by atoms with Gasteiger partial charge in [0, 0.05) is 11.3 Å². The smallest absolute Gasteiger partial charge is 0.337 e. The molecule has 0 aromatic heterocycles. The Labute approximate surface area is 194 Å². The van der Waals surface area contributed by atoms with Crippen LogP contribution in [0.15, 0.2) is 54.6 Å². The fourth-order valence-electron chi connectivity index (χ4n) is 3.03. The monoisotopic (exact) mass is 448 g/mol. The van der Waals surface area contributed by atoms with E-state index >= 15 is 0 Å². The number of nitrogens with zero attached hydrogens (tertiary/aromatic N) is 1. The van der Waals surface area contributed by atoms with Crippen molar-refractivity contribution in [2.75, 3.05) is 25.6 Å². The molecule has 1 N–H and O–H groups in total. The summed E-state index contributed by atoms with van der Waals surface area (Å²) in [5, 5.41) is 12.3. The zero-order valence-electron chi connectivity index (χ0n) is 19.1. The molecule has 0 heterocycles. The maximum Gasteiger partial charge on any atom is 0.337 e. The van der Waals surface area contributed by atoms with Crippen molar-refractivity contribution in [2.45, 2.75) is 26.7 Å². The molecule has 0 spiro atoms. The molecule has 0 atom stereocenters. The highest BCUT2D eigenvalue weighted by Crippen LogP contribution is 2.35. The Morgan fingerprint density at radius 1 is 1.15 bits per heavy atom. The topological polar surface area (TPSA) is 97.7 Å². The molecule has 0 fully saturated rings. The highest BCUT2D eigenvalue weighted by Gasteiger charge is 2.15. The Kier molecular flexibility index (Phi) is 9.72. The van der Waals surface area contributed by atoms with E-state index in [2.05, 4.69) is 16.6 Å². The number of nitrogens with one attached hydrogen (secondary N) is 1. The molecule has 0 aliphatic heterocycles. The summed E-state index contributed by atoms with van der Waals surface area (Å²) < 4.78 is 16.3. The van der Waals surface area contributed by atoms with E-state index in [0.29, 0.717) is 47.9 Å². The lowest BCUT2D eigenvalue weighted by molar-refractivity contribution is -0.112. The van der Waals surface area contributed by atoms with Gasteiger partial charge in [0.25, 0.3) is 5.91 Å². The van der Waals surface area contributed by atoms with E-state index in [0.717, 1.165) is 12.0 Å². The van der Waals surface area contributed by atoms with Crippen molar-refractivity contribution >= 4 is 23.6 Å². The van der Waals surface area contributed by atoms with E-state index in [-0.39, 0.29) is 5.57 Å². The third-order valence-electron chi connectivity index (χ3n) is 4.51. The highest BCUT2D eigenvalue weighted by atomic mass is 16.5. The van der Waals surface area contributed by atoms with Crippen molar-refractivity contribution in [1.29, 1.82) is 5.26 Å². The number of esters is 1. The molecule has 7 heteroatoms. The van der Waals surface area contributed by atoms with Gasteiger partial charge in [0.05, 0.1) is 25.9 Å². The van der Waals surface area contributed by atoms with Crippen LogP contribution in [0.4, 0.5) is 5.69 Å². The number of hydrogen-bond acceptors (Lipinski definition) is 6. The second-order valence-corrected chi connectivity index (χ2v) is 6.97. The van der Waals surface area contributed by atoms with Crippen molar-refractivity contribution in [3.63, 3.8) is 0 Å². The third kappa shape index (κ3) is 6.97. The van der Waals surface area contributed by atoms with Crippen molar-refractivity contribution in [3.8, 4) is 17.6 Å². The van der Waals surface area contributed by atoms with Crippen LogP contribution in [0.25, 0.3) is 6.08 Å². The number of carbonyl (C=O) groups excluding carboxylic acids is 2. The van der Waals surface area contributed by atoms with Gasteiger partial charge in [0.2, 0.25) is 0 Å². The first kappa shape index (κ1) is 25.2. The van der Waals surface area contributed by atoms with E-state index in [9.17, 15) is 14.9 Å². The van der Waals surface area contributed by atoms with Gasteiger partial charge in [-0.15, -0.1) is 6.58 Å². The lowest BCUT2D eigenvalue weighted by Gasteiger charge is -2.16. The Bertz CT molecular complexity index is 1070. The van der Waals surface area contributed by atoms with Gasteiger partial charge in [-0.05, 0) is 67.8 Å². The van der Waals surface area contributed by atoms with Gasteiger partial charge in [0.15, 0.2) is 11.5 Å². The van der Waals surface area contributed by atoms with Crippen molar-refractivity contribution in [1.82, 2.24) is 0 Å². The number of allylic oxidation sites excluding steroid dienone is 1. The minimum Gasteiger partial charge on any atom is -0.490 e. The van der Waals surface area contributed by atoms with Crippen LogP contribution >= 0.6 is 0 Å². The SMILES string of the molecule is C=CCc1cc(/C=C(\C#N)C(=O)Nc2ccc(C(=O)OC)cc2)cc(OCC)c1OCCC. The maximum absolute atomic E-state index is 12.7. The third-order valence-corrected chi connectivity index (χ3v) is 4.51. The number of anilines is 1. The van der Waals surface area contributed by atoms with Crippen LogP contribution in [0.2, 0.25) is 0 Å². The molecule has 2 rings (SSSR count). The zero-order valence-corrected chi connectivity index (χ0v) is 19.1. The second-order valence-electron chi connectivity index (χ2n) is 6.97. The fraction of sp³-hybridized carbons (Fsp3) is 0.269. The van der Waals surface area contributed by atoms with Crippen LogP contribution in [0.5, 0.6) is 11.5 Å². The molecular formula is C26H28N2O5. The van der Waals surface area contributed by atoms with Gasteiger partial charge in [-0.3, -0.25) is 4.79 Å². The Morgan fingerprint density at radius 2 is 1.88 bits per heavy atom. The summed E-state index contributed by atoms with van der Waals surface area (Å²) in [6, 6.07) is 11.7. The maximum atomic E-state index is 12.7. The normalized spacial score (nSPS) is 10.7. The van der Waals surface area contributed by atoms with E-state index in [4.69, 9.17) is 9.47 Å². The Balaban J connectivity index is 2.35. The predicted octanol–water partition coefficient (Wildman–Crippen LogP) is 4.93. The van der Waals surface area contributed by atoms with Crippen LogP contribution in [0.1, 0.15) is 41.8 Å². The predicted molar refractivity (Wildman–Crippen MR) is 127 cm³/mol. The summed E-state index contributed by atoms with van der Waals surface area (Å²) >= 11 is 0. The van der Waals surface area contributed by atoms with Gasteiger partial charge in [-0.2, -0.15) is 5.26 Å². The number of carbonyl (C=O) groups is 2. The van der Waals surface area contributed by atoms with Crippen LogP contribution in [-0.2, 0) is 16.0 Å². The fourth-order valence-corrected chi connectivity index (χ4v) is 3.03. The summed E-state index contributed by atoms with van der Waals surface area (Å²) in [5.74, 6) is 0.146. The first-order valence-corrected chi connectivity index (χ1v) is 10.6. The van der Waals surface area contributed by atoms with E-state index < -0.39 is 11.9 Å². The van der Waals surface area contributed by atoms with Gasteiger partial charge >= 0.3 is 5.97 Å². The van der Waals surface area contributed by atoms with Gasteiger partial charge < -0.3 is 19.5 Å². The van der Waals surface area contributed by atoms with Crippen LogP contribution in [0, 0.1) is 11.3 Å². The van der Waals surface area contributed by atoms with Gasteiger partial charge in [0.1, 0.15) is 11.6 Å². The first-order valence-electron chi connectivity index (χ1n) is 10.6.